The van der Waals surface area contributed by atoms with Crippen molar-refractivity contribution in [2.24, 2.45) is 5.73 Å². The van der Waals surface area contributed by atoms with E-state index in [9.17, 15) is 0 Å². The molecule has 0 amide bonds. The molecule has 0 aliphatic heterocycles. The second-order valence-corrected chi connectivity index (χ2v) is 5.93. The lowest BCUT2D eigenvalue weighted by molar-refractivity contribution is 0.361. The summed E-state index contributed by atoms with van der Waals surface area (Å²) in [6.07, 6.45) is 9.12. The van der Waals surface area contributed by atoms with Gasteiger partial charge in [-0.15, -0.1) is 0 Å². The van der Waals surface area contributed by atoms with Gasteiger partial charge in [0.05, 0.1) is 0 Å². The van der Waals surface area contributed by atoms with Gasteiger partial charge in [0.1, 0.15) is 0 Å². The van der Waals surface area contributed by atoms with Crippen LogP contribution >= 0.6 is 0 Å². The maximum Gasteiger partial charge on any atom is 0.0485 e. The molecule has 102 valence electrons. The fraction of sp³-hybridized carbons (Fsp3) is 0.529. The lowest BCUT2D eigenvalue weighted by Gasteiger charge is -2.24. The molecule has 2 aromatic rings. The first-order chi connectivity index (χ1) is 9.31. The first kappa shape index (κ1) is 12.7. The van der Waals surface area contributed by atoms with Crippen molar-refractivity contribution in [2.45, 2.75) is 51.0 Å². The van der Waals surface area contributed by atoms with E-state index in [1.165, 1.54) is 48.6 Å². The Morgan fingerprint density at radius 3 is 2.74 bits per heavy atom. The highest BCUT2D eigenvalue weighted by Gasteiger charge is 2.18. The molecule has 19 heavy (non-hydrogen) atoms. The van der Waals surface area contributed by atoms with Gasteiger partial charge in [0, 0.05) is 23.1 Å². The molecule has 1 aliphatic carbocycles. The van der Waals surface area contributed by atoms with Gasteiger partial charge < -0.3 is 10.3 Å². The summed E-state index contributed by atoms with van der Waals surface area (Å²) in [6, 6.07) is 9.66. The molecule has 2 nitrogen and oxygen atoms in total. The molecule has 1 fully saturated rings. The Labute approximate surface area is 115 Å². The molecule has 3 rings (SSSR count). The van der Waals surface area contributed by atoms with Crippen LogP contribution in [0.15, 0.2) is 30.5 Å². The van der Waals surface area contributed by atoms with Crippen molar-refractivity contribution in [3.63, 3.8) is 0 Å². The third-order valence-electron chi connectivity index (χ3n) is 4.65. The molecular formula is C17H24N2. The molecule has 0 bridgehead atoms. The van der Waals surface area contributed by atoms with Gasteiger partial charge in [-0.3, -0.25) is 0 Å². The zero-order chi connectivity index (χ0) is 13.2. The molecule has 0 saturated heterocycles. The fourth-order valence-corrected chi connectivity index (χ4v) is 3.45. The van der Waals surface area contributed by atoms with Crippen molar-refractivity contribution in [3.05, 3.63) is 36.0 Å². The van der Waals surface area contributed by atoms with E-state index in [1.807, 2.05) is 0 Å². The first-order valence-electron chi connectivity index (χ1n) is 7.61. The van der Waals surface area contributed by atoms with Gasteiger partial charge in [-0.2, -0.15) is 0 Å². The van der Waals surface area contributed by atoms with Gasteiger partial charge in [-0.25, -0.2) is 0 Å². The number of hydrogen-bond donors (Lipinski definition) is 1. The lowest BCUT2D eigenvalue weighted by Crippen LogP contribution is -2.12. The van der Waals surface area contributed by atoms with Crippen molar-refractivity contribution in [1.82, 2.24) is 4.57 Å². The Hall–Kier alpha value is -1.28. The summed E-state index contributed by atoms with van der Waals surface area (Å²) in [5.74, 6) is 0.436. The van der Waals surface area contributed by atoms with Crippen molar-refractivity contribution in [2.75, 3.05) is 6.54 Å². The molecule has 1 aromatic carbocycles. The van der Waals surface area contributed by atoms with Crippen molar-refractivity contribution >= 4 is 10.9 Å². The van der Waals surface area contributed by atoms with Crippen molar-refractivity contribution < 1.29 is 0 Å². The van der Waals surface area contributed by atoms with Crippen LogP contribution in [0.3, 0.4) is 0 Å². The highest BCUT2D eigenvalue weighted by Crippen LogP contribution is 2.33. The molecule has 0 radical (unpaired) electrons. The Balaban J connectivity index is 2.03. The summed E-state index contributed by atoms with van der Waals surface area (Å²) in [5, 5.41) is 1.39. The van der Waals surface area contributed by atoms with Crippen LogP contribution in [-0.4, -0.2) is 11.1 Å². The van der Waals surface area contributed by atoms with E-state index in [4.69, 9.17) is 5.73 Å². The lowest BCUT2D eigenvalue weighted by atomic mass is 9.94. The highest BCUT2D eigenvalue weighted by atomic mass is 15.0. The van der Waals surface area contributed by atoms with Crippen LogP contribution < -0.4 is 5.73 Å². The van der Waals surface area contributed by atoms with E-state index in [1.54, 1.807) is 0 Å². The van der Waals surface area contributed by atoms with Gasteiger partial charge in [-0.05, 0) is 43.0 Å². The molecule has 1 unspecified atom stereocenters. The largest absolute Gasteiger partial charge is 0.344 e. The van der Waals surface area contributed by atoms with Gasteiger partial charge in [0.2, 0.25) is 0 Å². The molecule has 1 aliphatic rings. The molecule has 1 saturated carbocycles. The number of aromatic nitrogens is 1. The second-order valence-electron chi connectivity index (χ2n) is 5.93. The van der Waals surface area contributed by atoms with Gasteiger partial charge >= 0.3 is 0 Å². The molecule has 1 heterocycles. The maximum atomic E-state index is 5.84. The van der Waals surface area contributed by atoms with Crippen LogP contribution in [0.25, 0.3) is 10.9 Å². The summed E-state index contributed by atoms with van der Waals surface area (Å²) >= 11 is 0. The van der Waals surface area contributed by atoms with Crippen LogP contribution in [0.1, 0.15) is 56.6 Å². The Kier molecular flexibility index (Phi) is 3.61. The van der Waals surface area contributed by atoms with Gasteiger partial charge in [0.25, 0.3) is 0 Å². The standard InChI is InChI=1S/C17H24N2/c1-13(12-18)15-8-5-9-17-16(15)10-11-19(17)14-6-3-2-4-7-14/h5,8-11,13-14H,2-4,6-7,12,18H2,1H3. The van der Waals surface area contributed by atoms with E-state index in [-0.39, 0.29) is 0 Å². The number of hydrogen-bond acceptors (Lipinski definition) is 1. The minimum atomic E-state index is 0.436. The van der Waals surface area contributed by atoms with E-state index < -0.39 is 0 Å². The summed E-state index contributed by atoms with van der Waals surface area (Å²) in [7, 11) is 0. The summed E-state index contributed by atoms with van der Waals surface area (Å²) in [4.78, 5) is 0. The monoisotopic (exact) mass is 256 g/mol. The minimum Gasteiger partial charge on any atom is -0.344 e. The Morgan fingerprint density at radius 2 is 2.00 bits per heavy atom. The smallest absolute Gasteiger partial charge is 0.0485 e. The molecule has 1 aromatic heterocycles. The molecule has 0 spiro atoms. The normalized spacial score (nSPS) is 18.8. The average molecular weight is 256 g/mol. The SMILES string of the molecule is CC(CN)c1cccc2c1ccn2C1CCCCC1. The summed E-state index contributed by atoms with van der Waals surface area (Å²) < 4.78 is 2.50. The average Bonchev–Trinajstić information content (AvgIpc) is 2.91. The fourth-order valence-electron chi connectivity index (χ4n) is 3.45. The predicted molar refractivity (Wildman–Crippen MR) is 81.5 cm³/mol. The van der Waals surface area contributed by atoms with Crippen molar-refractivity contribution in [1.29, 1.82) is 0 Å². The maximum absolute atomic E-state index is 5.84. The van der Waals surface area contributed by atoms with E-state index in [0.29, 0.717) is 18.5 Å². The second kappa shape index (κ2) is 5.38. The van der Waals surface area contributed by atoms with E-state index in [0.717, 1.165) is 0 Å². The summed E-state index contributed by atoms with van der Waals surface area (Å²) in [6.45, 7) is 2.93. The van der Waals surface area contributed by atoms with Crippen molar-refractivity contribution in [3.8, 4) is 0 Å². The van der Waals surface area contributed by atoms with Crippen LogP contribution in [0.4, 0.5) is 0 Å². The van der Waals surface area contributed by atoms with Crippen LogP contribution in [-0.2, 0) is 0 Å². The number of fused-ring (bicyclic) bond motifs is 1. The molecular weight excluding hydrogens is 232 g/mol. The van der Waals surface area contributed by atoms with Gasteiger partial charge in [-0.1, -0.05) is 38.3 Å². The van der Waals surface area contributed by atoms with Gasteiger partial charge in [0.15, 0.2) is 0 Å². The summed E-state index contributed by atoms with van der Waals surface area (Å²) in [5.41, 5.74) is 8.63. The highest BCUT2D eigenvalue weighted by molar-refractivity contribution is 5.84. The van der Waals surface area contributed by atoms with E-state index >= 15 is 0 Å². The molecule has 1 atom stereocenters. The zero-order valence-electron chi connectivity index (χ0n) is 11.8. The zero-order valence-corrected chi connectivity index (χ0v) is 11.8. The Morgan fingerprint density at radius 1 is 1.21 bits per heavy atom. The Bertz CT molecular complexity index is 549. The molecule has 2 heteroatoms. The number of rotatable bonds is 3. The third-order valence-corrected chi connectivity index (χ3v) is 4.65. The number of nitrogens with two attached hydrogens (primary N) is 1. The third kappa shape index (κ3) is 2.30. The van der Waals surface area contributed by atoms with Crippen LogP contribution in [0, 0.1) is 0 Å². The predicted octanol–water partition coefficient (Wildman–Crippen LogP) is 4.21. The first-order valence-corrected chi connectivity index (χ1v) is 7.61. The number of nitrogens with zero attached hydrogens (tertiary/aromatic N) is 1. The minimum absolute atomic E-state index is 0.436. The quantitative estimate of drug-likeness (QED) is 0.876. The van der Waals surface area contributed by atoms with Crippen LogP contribution in [0.2, 0.25) is 0 Å². The number of benzene rings is 1. The van der Waals surface area contributed by atoms with E-state index in [2.05, 4.69) is 42.0 Å². The molecule has 2 N–H and O–H groups in total. The van der Waals surface area contributed by atoms with Crippen LogP contribution in [0.5, 0.6) is 0 Å². The topological polar surface area (TPSA) is 30.9 Å².